The van der Waals surface area contributed by atoms with Gasteiger partial charge in [0.15, 0.2) is 0 Å². The zero-order valence-corrected chi connectivity index (χ0v) is 15.3. The van der Waals surface area contributed by atoms with E-state index < -0.39 is 0 Å². The fourth-order valence-corrected chi connectivity index (χ4v) is 4.84. The van der Waals surface area contributed by atoms with Gasteiger partial charge in [-0.15, -0.1) is 0 Å². The SMILES string of the molecule is CC(C)C(c1ccccc1)[N+](C)(C)CPCc1ccccc1. The minimum absolute atomic E-state index is 0.560. The van der Waals surface area contributed by atoms with E-state index in [4.69, 9.17) is 0 Å². The highest BCUT2D eigenvalue weighted by molar-refractivity contribution is 7.36. The van der Waals surface area contributed by atoms with Crippen molar-refractivity contribution in [3.63, 3.8) is 0 Å². The Morgan fingerprint density at radius 1 is 0.864 bits per heavy atom. The summed E-state index contributed by atoms with van der Waals surface area (Å²) in [5, 5.41) is 0. The van der Waals surface area contributed by atoms with E-state index in [1.807, 2.05) is 0 Å². The largest absolute Gasteiger partial charge is 0.319 e. The van der Waals surface area contributed by atoms with Crippen molar-refractivity contribution >= 4 is 8.58 Å². The van der Waals surface area contributed by atoms with Crippen LogP contribution in [0.5, 0.6) is 0 Å². The van der Waals surface area contributed by atoms with Crippen LogP contribution in [0, 0.1) is 5.92 Å². The standard InChI is InChI=1S/C20H29NP/c1-17(2)20(19-13-9-6-10-14-19)21(3,4)16-22-15-18-11-7-5-8-12-18/h5-14,17,20,22H,15-16H2,1-4H3/q+1. The quantitative estimate of drug-likeness (QED) is 0.481. The molecule has 0 saturated carbocycles. The molecule has 0 spiro atoms. The molecular weight excluding hydrogens is 285 g/mol. The predicted molar refractivity (Wildman–Crippen MR) is 99.5 cm³/mol. The van der Waals surface area contributed by atoms with Gasteiger partial charge in [-0.05, 0) is 11.7 Å². The van der Waals surface area contributed by atoms with Gasteiger partial charge < -0.3 is 4.48 Å². The van der Waals surface area contributed by atoms with Crippen LogP contribution in [0.1, 0.15) is 31.0 Å². The average Bonchev–Trinajstić information content (AvgIpc) is 2.48. The molecule has 0 amide bonds. The fourth-order valence-electron chi connectivity index (χ4n) is 3.43. The van der Waals surface area contributed by atoms with Crippen LogP contribution in [0.15, 0.2) is 60.7 Å². The van der Waals surface area contributed by atoms with E-state index in [1.54, 1.807) is 0 Å². The number of hydrogen-bond acceptors (Lipinski definition) is 0. The van der Waals surface area contributed by atoms with Gasteiger partial charge in [-0.2, -0.15) is 0 Å². The number of nitrogens with zero attached hydrogens (tertiary/aromatic N) is 1. The minimum atomic E-state index is 0.560. The first-order chi connectivity index (χ1) is 10.5. The first kappa shape index (κ1) is 17.2. The monoisotopic (exact) mass is 314 g/mol. The van der Waals surface area contributed by atoms with Crippen LogP contribution in [0.25, 0.3) is 0 Å². The van der Waals surface area contributed by atoms with Gasteiger partial charge in [0, 0.05) is 11.5 Å². The number of rotatable bonds is 7. The van der Waals surface area contributed by atoms with E-state index in [1.165, 1.54) is 23.6 Å². The molecule has 0 radical (unpaired) electrons. The van der Waals surface area contributed by atoms with Gasteiger partial charge in [0.1, 0.15) is 6.04 Å². The molecule has 0 aliphatic rings. The van der Waals surface area contributed by atoms with E-state index in [-0.39, 0.29) is 0 Å². The molecule has 2 atom stereocenters. The molecule has 0 aromatic heterocycles. The van der Waals surface area contributed by atoms with Crippen LogP contribution < -0.4 is 0 Å². The molecule has 1 nitrogen and oxygen atoms in total. The van der Waals surface area contributed by atoms with Crippen LogP contribution in [-0.4, -0.2) is 24.9 Å². The Labute approximate surface area is 137 Å². The second-order valence-electron chi connectivity index (χ2n) is 6.95. The maximum Gasteiger partial charge on any atom is 0.117 e. The summed E-state index contributed by atoms with van der Waals surface area (Å²) in [6, 6.07) is 22.4. The van der Waals surface area contributed by atoms with Crippen molar-refractivity contribution in [2.24, 2.45) is 5.92 Å². The molecule has 118 valence electrons. The molecule has 2 unspecified atom stereocenters. The van der Waals surface area contributed by atoms with Crippen molar-refractivity contribution in [3.8, 4) is 0 Å². The second kappa shape index (κ2) is 7.90. The summed E-state index contributed by atoms with van der Waals surface area (Å²) in [6.45, 7) is 4.69. The highest BCUT2D eigenvalue weighted by Gasteiger charge is 2.32. The number of benzene rings is 2. The van der Waals surface area contributed by atoms with Gasteiger partial charge in [-0.25, -0.2) is 0 Å². The molecule has 0 aliphatic carbocycles. The van der Waals surface area contributed by atoms with E-state index in [0.717, 1.165) is 13.1 Å². The molecule has 2 aromatic rings. The van der Waals surface area contributed by atoms with E-state index >= 15 is 0 Å². The van der Waals surface area contributed by atoms with Gasteiger partial charge in [-0.3, -0.25) is 0 Å². The summed E-state index contributed by atoms with van der Waals surface area (Å²) in [5.74, 6) is 0.638. The summed E-state index contributed by atoms with van der Waals surface area (Å²) in [6.07, 6.45) is 2.43. The molecule has 2 aromatic carbocycles. The molecular formula is C20H29NP+. The van der Waals surface area contributed by atoms with Gasteiger partial charge in [-0.1, -0.05) is 83.1 Å². The van der Waals surface area contributed by atoms with Crippen LogP contribution >= 0.6 is 8.58 Å². The minimum Gasteiger partial charge on any atom is -0.319 e. The molecule has 0 bridgehead atoms. The predicted octanol–water partition coefficient (Wildman–Crippen LogP) is 5.30. The molecule has 22 heavy (non-hydrogen) atoms. The van der Waals surface area contributed by atoms with Crippen molar-refractivity contribution < 1.29 is 4.48 Å². The van der Waals surface area contributed by atoms with Crippen LogP contribution in [0.3, 0.4) is 0 Å². The van der Waals surface area contributed by atoms with Crippen molar-refractivity contribution in [1.29, 1.82) is 0 Å². The number of quaternary nitrogens is 1. The molecule has 2 rings (SSSR count). The van der Waals surface area contributed by atoms with Crippen molar-refractivity contribution in [2.75, 3.05) is 20.4 Å². The Balaban J connectivity index is 2.03. The van der Waals surface area contributed by atoms with Crippen molar-refractivity contribution in [3.05, 3.63) is 71.8 Å². The summed E-state index contributed by atoms with van der Waals surface area (Å²) in [5.41, 5.74) is 2.92. The third kappa shape index (κ3) is 4.66. The van der Waals surface area contributed by atoms with E-state index in [0.29, 0.717) is 12.0 Å². The zero-order valence-electron chi connectivity index (χ0n) is 14.3. The number of hydrogen-bond donors (Lipinski definition) is 0. The Hall–Kier alpha value is -1.17. The molecule has 0 fully saturated rings. The smallest absolute Gasteiger partial charge is 0.117 e. The summed E-state index contributed by atoms with van der Waals surface area (Å²) in [7, 11) is 5.73. The van der Waals surface area contributed by atoms with Crippen LogP contribution in [0.2, 0.25) is 0 Å². The summed E-state index contributed by atoms with van der Waals surface area (Å²) < 4.78 is 1.06. The Kier molecular flexibility index (Phi) is 6.17. The maximum absolute atomic E-state index is 2.38. The van der Waals surface area contributed by atoms with Crippen LogP contribution in [-0.2, 0) is 6.16 Å². The molecule has 0 heterocycles. The third-order valence-electron chi connectivity index (χ3n) is 4.22. The van der Waals surface area contributed by atoms with Gasteiger partial charge in [0.2, 0.25) is 0 Å². The van der Waals surface area contributed by atoms with E-state index in [9.17, 15) is 0 Å². The van der Waals surface area contributed by atoms with Crippen LogP contribution in [0.4, 0.5) is 0 Å². The lowest BCUT2D eigenvalue weighted by atomic mass is 9.93. The molecule has 0 N–H and O–H groups in total. The van der Waals surface area contributed by atoms with Crippen molar-refractivity contribution in [2.45, 2.75) is 26.1 Å². The maximum atomic E-state index is 2.38. The highest BCUT2D eigenvalue weighted by Crippen LogP contribution is 2.35. The lowest BCUT2D eigenvalue weighted by molar-refractivity contribution is -0.913. The normalized spacial score (nSPS) is 13.9. The first-order valence-electron chi connectivity index (χ1n) is 8.13. The highest BCUT2D eigenvalue weighted by atomic mass is 31.1. The topological polar surface area (TPSA) is 0 Å². The lowest BCUT2D eigenvalue weighted by Gasteiger charge is -2.40. The first-order valence-corrected chi connectivity index (χ1v) is 9.54. The van der Waals surface area contributed by atoms with Gasteiger partial charge in [0.25, 0.3) is 0 Å². The Bertz CT molecular complexity index is 548. The molecule has 0 aliphatic heterocycles. The van der Waals surface area contributed by atoms with Gasteiger partial charge in [0.05, 0.1) is 20.4 Å². The average molecular weight is 314 g/mol. The lowest BCUT2D eigenvalue weighted by Crippen LogP contribution is -2.44. The molecule has 2 heteroatoms. The molecule has 0 saturated heterocycles. The second-order valence-corrected chi connectivity index (χ2v) is 8.12. The van der Waals surface area contributed by atoms with Crippen molar-refractivity contribution in [1.82, 2.24) is 0 Å². The summed E-state index contributed by atoms with van der Waals surface area (Å²) in [4.78, 5) is 0. The zero-order chi connectivity index (χ0) is 16.0. The third-order valence-corrected chi connectivity index (χ3v) is 5.91. The van der Waals surface area contributed by atoms with Gasteiger partial charge >= 0.3 is 0 Å². The fraction of sp³-hybridized carbons (Fsp3) is 0.400. The summed E-state index contributed by atoms with van der Waals surface area (Å²) >= 11 is 0. The van der Waals surface area contributed by atoms with E-state index in [2.05, 4.69) is 88.6 Å². The Morgan fingerprint density at radius 2 is 1.41 bits per heavy atom. The Morgan fingerprint density at radius 3 is 1.95 bits per heavy atom.